The van der Waals surface area contributed by atoms with Crippen molar-refractivity contribution < 1.29 is 4.42 Å². The van der Waals surface area contributed by atoms with E-state index in [1.54, 1.807) is 0 Å². The SMILES string of the molecule is Cc1[c]oc(C)c1-c1ccccc1. The maximum atomic E-state index is 5.22. The van der Waals surface area contributed by atoms with Crippen molar-refractivity contribution in [1.29, 1.82) is 0 Å². The van der Waals surface area contributed by atoms with Gasteiger partial charge in [-0.05, 0) is 19.4 Å². The van der Waals surface area contributed by atoms with Crippen LogP contribution in [0.25, 0.3) is 11.1 Å². The van der Waals surface area contributed by atoms with E-state index >= 15 is 0 Å². The van der Waals surface area contributed by atoms with E-state index < -0.39 is 0 Å². The number of hydrogen-bond acceptors (Lipinski definition) is 1. The molecule has 0 N–H and O–H groups in total. The predicted octanol–water partition coefficient (Wildman–Crippen LogP) is 3.36. The van der Waals surface area contributed by atoms with E-state index in [-0.39, 0.29) is 0 Å². The minimum atomic E-state index is 0.934. The maximum Gasteiger partial charge on any atom is 0.173 e. The monoisotopic (exact) mass is 171 g/mol. The first-order valence-electron chi connectivity index (χ1n) is 4.32. The highest BCUT2D eigenvalue weighted by atomic mass is 16.3. The standard InChI is InChI=1S/C12H11O/c1-9-8-13-10(2)12(9)11-6-4-3-5-7-11/h3-7H,1-2H3. The average molecular weight is 171 g/mol. The Morgan fingerprint density at radius 1 is 1.08 bits per heavy atom. The Labute approximate surface area is 78.0 Å². The number of aryl methyl sites for hydroxylation is 2. The Balaban J connectivity index is 2.59. The van der Waals surface area contributed by atoms with Crippen molar-refractivity contribution in [3.8, 4) is 11.1 Å². The van der Waals surface area contributed by atoms with Crippen molar-refractivity contribution in [2.45, 2.75) is 13.8 Å². The van der Waals surface area contributed by atoms with E-state index in [1.165, 1.54) is 11.1 Å². The van der Waals surface area contributed by atoms with Gasteiger partial charge in [0, 0.05) is 11.1 Å². The summed E-state index contributed by atoms with van der Waals surface area (Å²) in [6.07, 6.45) is 2.86. The summed E-state index contributed by atoms with van der Waals surface area (Å²) in [6, 6.07) is 10.2. The van der Waals surface area contributed by atoms with Gasteiger partial charge in [0.25, 0.3) is 0 Å². The van der Waals surface area contributed by atoms with E-state index in [0.717, 1.165) is 11.3 Å². The molecule has 0 atom stereocenters. The number of benzene rings is 1. The Bertz CT molecular complexity index is 379. The highest BCUT2D eigenvalue weighted by Crippen LogP contribution is 2.27. The minimum absolute atomic E-state index is 0.934. The molecule has 0 aliphatic rings. The molecule has 0 aliphatic heterocycles. The van der Waals surface area contributed by atoms with Gasteiger partial charge in [-0.15, -0.1) is 0 Å². The number of hydrogen-bond donors (Lipinski definition) is 0. The second kappa shape index (κ2) is 3.09. The smallest absolute Gasteiger partial charge is 0.173 e. The Kier molecular flexibility index (Phi) is 1.93. The lowest BCUT2D eigenvalue weighted by molar-refractivity contribution is 0.525. The van der Waals surface area contributed by atoms with Crippen LogP contribution in [0.3, 0.4) is 0 Å². The van der Waals surface area contributed by atoms with Gasteiger partial charge in [0.1, 0.15) is 5.76 Å². The number of rotatable bonds is 1. The normalized spacial score (nSPS) is 10.3. The van der Waals surface area contributed by atoms with Crippen molar-refractivity contribution in [2.75, 3.05) is 0 Å². The highest BCUT2D eigenvalue weighted by Gasteiger charge is 2.08. The second-order valence-electron chi connectivity index (χ2n) is 3.13. The molecule has 1 radical (unpaired) electrons. The lowest BCUT2D eigenvalue weighted by Gasteiger charge is -1.99. The molecule has 0 amide bonds. The Morgan fingerprint density at radius 3 is 2.31 bits per heavy atom. The van der Waals surface area contributed by atoms with Crippen LogP contribution in [0.1, 0.15) is 11.3 Å². The summed E-state index contributed by atoms with van der Waals surface area (Å²) in [5, 5.41) is 0. The van der Waals surface area contributed by atoms with Gasteiger partial charge < -0.3 is 4.42 Å². The molecule has 1 heteroatoms. The second-order valence-corrected chi connectivity index (χ2v) is 3.13. The molecule has 13 heavy (non-hydrogen) atoms. The molecule has 0 spiro atoms. The summed E-state index contributed by atoms with van der Waals surface area (Å²) >= 11 is 0. The summed E-state index contributed by atoms with van der Waals surface area (Å²) in [4.78, 5) is 0. The Hall–Kier alpha value is -1.50. The zero-order chi connectivity index (χ0) is 9.26. The zero-order valence-corrected chi connectivity index (χ0v) is 7.79. The molecule has 2 aromatic rings. The fourth-order valence-electron chi connectivity index (χ4n) is 1.54. The molecule has 1 aromatic carbocycles. The summed E-state index contributed by atoms with van der Waals surface area (Å²) in [7, 11) is 0. The van der Waals surface area contributed by atoms with E-state index in [1.807, 2.05) is 32.0 Å². The van der Waals surface area contributed by atoms with Crippen LogP contribution in [0.5, 0.6) is 0 Å². The van der Waals surface area contributed by atoms with Crippen molar-refractivity contribution in [1.82, 2.24) is 0 Å². The molecule has 0 saturated heterocycles. The molecular formula is C12H11O. The van der Waals surface area contributed by atoms with Gasteiger partial charge in [0.05, 0.1) is 0 Å². The Morgan fingerprint density at radius 2 is 1.77 bits per heavy atom. The van der Waals surface area contributed by atoms with Gasteiger partial charge >= 0.3 is 0 Å². The van der Waals surface area contributed by atoms with E-state index in [4.69, 9.17) is 4.42 Å². The summed E-state index contributed by atoms with van der Waals surface area (Å²) in [5.74, 6) is 0.934. The highest BCUT2D eigenvalue weighted by molar-refractivity contribution is 5.68. The predicted molar refractivity (Wildman–Crippen MR) is 52.5 cm³/mol. The molecule has 1 nitrogen and oxygen atoms in total. The zero-order valence-electron chi connectivity index (χ0n) is 7.79. The third-order valence-corrected chi connectivity index (χ3v) is 2.15. The maximum absolute atomic E-state index is 5.22. The van der Waals surface area contributed by atoms with Gasteiger partial charge in [-0.3, -0.25) is 0 Å². The van der Waals surface area contributed by atoms with Gasteiger partial charge in [-0.25, -0.2) is 0 Å². The van der Waals surface area contributed by atoms with Gasteiger partial charge in [0.2, 0.25) is 0 Å². The molecule has 0 fully saturated rings. The molecule has 1 heterocycles. The van der Waals surface area contributed by atoms with E-state index in [2.05, 4.69) is 18.4 Å². The molecule has 65 valence electrons. The summed E-state index contributed by atoms with van der Waals surface area (Å²) in [5.41, 5.74) is 3.44. The lowest BCUT2D eigenvalue weighted by Crippen LogP contribution is -1.79. The third kappa shape index (κ3) is 1.37. The average Bonchev–Trinajstić information content (AvgIpc) is 2.48. The molecule has 0 saturated carbocycles. The molecule has 0 bridgehead atoms. The van der Waals surface area contributed by atoms with Gasteiger partial charge in [0.15, 0.2) is 6.26 Å². The largest absolute Gasteiger partial charge is 0.457 e. The van der Waals surface area contributed by atoms with Crippen molar-refractivity contribution in [3.63, 3.8) is 0 Å². The van der Waals surface area contributed by atoms with E-state index in [9.17, 15) is 0 Å². The minimum Gasteiger partial charge on any atom is -0.457 e. The van der Waals surface area contributed by atoms with Crippen LogP contribution in [0, 0.1) is 20.1 Å². The van der Waals surface area contributed by atoms with Crippen molar-refractivity contribution in [3.05, 3.63) is 47.9 Å². The van der Waals surface area contributed by atoms with Crippen molar-refractivity contribution in [2.24, 2.45) is 0 Å². The van der Waals surface area contributed by atoms with Crippen molar-refractivity contribution >= 4 is 0 Å². The molecule has 1 aromatic heterocycles. The van der Waals surface area contributed by atoms with Crippen LogP contribution >= 0.6 is 0 Å². The quantitative estimate of drug-likeness (QED) is 0.641. The first kappa shape index (κ1) is 8.11. The molecular weight excluding hydrogens is 160 g/mol. The molecule has 0 unspecified atom stereocenters. The van der Waals surface area contributed by atoms with Gasteiger partial charge in [-0.2, -0.15) is 0 Å². The topological polar surface area (TPSA) is 13.1 Å². The summed E-state index contributed by atoms with van der Waals surface area (Å²) < 4.78 is 5.22. The summed E-state index contributed by atoms with van der Waals surface area (Å²) in [6.45, 7) is 3.98. The molecule has 2 rings (SSSR count). The van der Waals surface area contributed by atoms with Crippen LogP contribution < -0.4 is 0 Å². The fraction of sp³-hybridized carbons (Fsp3) is 0.167. The van der Waals surface area contributed by atoms with Crippen LogP contribution in [-0.4, -0.2) is 0 Å². The van der Waals surface area contributed by atoms with Crippen LogP contribution in [0.4, 0.5) is 0 Å². The van der Waals surface area contributed by atoms with Crippen LogP contribution in [0.15, 0.2) is 34.7 Å². The fourth-order valence-corrected chi connectivity index (χ4v) is 1.54. The van der Waals surface area contributed by atoms with Crippen LogP contribution in [-0.2, 0) is 0 Å². The van der Waals surface area contributed by atoms with E-state index in [0.29, 0.717) is 0 Å². The first-order valence-corrected chi connectivity index (χ1v) is 4.32. The molecule has 0 aliphatic carbocycles. The lowest BCUT2D eigenvalue weighted by atomic mass is 10.0. The van der Waals surface area contributed by atoms with Crippen LogP contribution in [0.2, 0.25) is 0 Å². The van der Waals surface area contributed by atoms with Gasteiger partial charge in [-0.1, -0.05) is 30.3 Å². The first-order chi connectivity index (χ1) is 6.29. The number of furan rings is 1. The third-order valence-electron chi connectivity index (χ3n) is 2.15.